The van der Waals surface area contributed by atoms with E-state index in [4.69, 9.17) is 9.47 Å². The Hall–Kier alpha value is -2.50. The molecular formula is C28H37N3O2. The molecule has 2 aromatic carbocycles. The minimum absolute atomic E-state index is 0.644. The summed E-state index contributed by atoms with van der Waals surface area (Å²) in [5.41, 5.74) is 4.18. The number of benzene rings is 2. The molecule has 5 nitrogen and oxygen atoms in total. The summed E-state index contributed by atoms with van der Waals surface area (Å²) in [6, 6.07) is 16.0. The van der Waals surface area contributed by atoms with Crippen LogP contribution in [0.1, 0.15) is 42.9 Å². The van der Waals surface area contributed by atoms with Crippen molar-refractivity contribution in [3.63, 3.8) is 0 Å². The van der Waals surface area contributed by atoms with Gasteiger partial charge in [-0.05, 0) is 86.0 Å². The van der Waals surface area contributed by atoms with Crippen LogP contribution in [0.25, 0.3) is 10.9 Å². The van der Waals surface area contributed by atoms with E-state index >= 15 is 0 Å². The largest absolute Gasteiger partial charge is 0.493 e. The van der Waals surface area contributed by atoms with Crippen molar-refractivity contribution in [3.8, 4) is 11.5 Å². The van der Waals surface area contributed by atoms with Crippen LogP contribution >= 0.6 is 0 Å². The molecule has 0 bridgehead atoms. The van der Waals surface area contributed by atoms with Crippen LogP contribution in [0.15, 0.2) is 48.7 Å². The van der Waals surface area contributed by atoms with Crippen molar-refractivity contribution in [2.75, 3.05) is 46.9 Å². The van der Waals surface area contributed by atoms with Crippen molar-refractivity contribution in [1.82, 2.24) is 14.4 Å². The third-order valence-corrected chi connectivity index (χ3v) is 7.58. The monoisotopic (exact) mass is 447 g/mol. The van der Waals surface area contributed by atoms with Crippen LogP contribution in [0.2, 0.25) is 0 Å². The second-order valence-corrected chi connectivity index (χ2v) is 9.56. The van der Waals surface area contributed by atoms with E-state index < -0.39 is 0 Å². The summed E-state index contributed by atoms with van der Waals surface area (Å²) in [6.07, 6.45) is 8.45. The van der Waals surface area contributed by atoms with Gasteiger partial charge in [-0.3, -0.25) is 4.90 Å². The predicted octanol–water partition coefficient (Wildman–Crippen LogP) is 5.13. The van der Waals surface area contributed by atoms with E-state index in [1.807, 2.05) is 0 Å². The molecule has 1 aromatic heterocycles. The summed E-state index contributed by atoms with van der Waals surface area (Å²) < 4.78 is 13.5. The lowest BCUT2D eigenvalue weighted by molar-refractivity contribution is 0.179. The highest BCUT2D eigenvalue weighted by Crippen LogP contribution is 2.33. The summed E-state index contributed by atoms with van der Waals surface area (Å²) in [5, 5.41) is 1.36. The average Bonchev–Trinajstić information content (AvgIpc) is 3.30. The number of hydrogen-bond acceptors (Lipinski definition) is 4. The molecule has 0 unspecified atom stereocenters. The van der Waals surface area contributed by atoms with Crippen LogP contribution in [0, 0.1) is 0 Å². The Balaban J connectivity index is 1.05. The van der Waals surface area contributed by atoms with Crippen LogP contribution in [-0.4, -0.2) is 61.3 Å². The van der Waals surface area contributed by atoms with Crippen molar-refractivity contribution < 1.29 is 9.47 Å². The SMILES string of the molecule is COc1cc2c(cc1OC)CN(CCCCN1CCC(n3ccc4ccccc43)CC1)CC2. The molecule has 1 fully saturated rings. The van der Waals surface area contributed by atoms with Crippen LogP contribution in [0.5, 0.6) is 11.5 Å². The third-order valence-electron chi connectivity index (χ3n) is 7.58. The highest BCUT2D eigenvalue weighted by molar-refractivity contribution is 5.80. The second-order valence-electron chi connectivity index (χ2n) is 9.56. The molecule has 2 aliphatic rings. The number of nitrogens with zero attached hydrogens (tertiary/aromatic N) is 3. The van der Waals surface area contributed by atoms with Gasteiger partial charge >= 0.3 is 0 Å². The fourth-order valence-corrected chi connectivity index (χ4v) is 5.65. The lowest BCUT2D eigenvalue weighted by Crippen LogP contribution is -2.36. The Morgan fingerprint density at radius 1 is 0.818 bits per heavy atom. The van der Waals surface area contributed by atoms with E-state index in [9.17, 15) is 0 Å². The summed E-state index contributed by atoms with van der Waals surface area (Å²) >= 11 is 0. The Bertz CT molecular complexity index is 1070. The molecule has 0 radical (unpaired) electrons. The van der Waals surface area contributed by atoms with Gasteiger partial charge in [-0.1, -0.05) is 18.2 Å². The van der Waals surface area contributed by atoms with E-state index in [0.717, 1.165) is 31.0 Å². The van der Waals surface area contributed by atoms with Gasteiger partial charge in [0.05, 0.1) is 14.2 Å². The molecule has 0 amide bonds. The maximum Gasteiger partial charge on any atom is 0.161 e. The van der Waals surface area contributed by atoms with Gasteiger partial charge in [-0.25, -0.2) is 0 Å². The maximum absolute atomic E-state index is 5.50. The first-order valence-corrected chi connectivity index (χ1v) is 12.5. The van der Waals surface area contributed by atoms with Gasteiger partial charge in [-0.15, -0.1) is 0 Å². The number of rotatable bonds is 8. The maximum atomic E-state index is 5.50. The number of fused-ring (bicyclic) bond motifs is 2. The summed E-state index contributed by atoms with van der Waals surface area (Å²) in [7, 11) is 3.43. The standard InChI is InChI=1S/C28H37N3O2/c1-32-27-19-23-9-15-30(21-24(23)20-28(27)33-2)14-6-5-13-29-16-11-25(12-17-29)31-18-10-22-7-3-4-8-26(22)31/h3-4,7-8,10,18-20,25H,5-6,9,11-17,21H2,1-2H3. The van der Waals surface area contributed by atoms with Gasteiger partial charge in [0.15, 0.2) is 11.5 Å². The summed E-state index contributed by atoms with van der Waals surface area (Å²) in [6.45, 7) is 7.00. The minimum Gasteiger partial charge on any atom is -0.493 e. The van der Waals surface area contributed by atoms with Crippen molar-refractivity contribution in [1.29, 1.82) is 0 Å². The molecule has 0 aliphatic carbocycles. The normalized spacial score (nSPS) is 17.9. The summed E-state index contributed by atoms with van der Waals surface area (Å²) in [4.78, 5) is 5.27. The Morgan fingerprint density at radius 3 is 2.27 bits per heavy atom. The minimum atomic E-state index is 0.644. The highest BCUT2D eigenvalue weighted by atomic mass is 16.5. The second kappa shape index (κ2) is 10.2. The highest BCUT2D eigenvalue weighted by Gasteiger charge is 2.22. The third kappa shape index (κ3) is 4.90. The zero-order valence-electron chi connectivity index (χ0n) is 20.1. The Kier molecular flexibility index (Phi) is 6.88. The number of unbranched alkanes of at least 4 members (excludes halogenated alkanes) is 1. The number of piperidine rings is 1. The van der Waals surface area contributed by atoms with Gasteiger partial charge < -0.3 is 18.9 Å². The number of methoxy groups -OCH3 is 2. The number of ether oxygens (including phenoxy) is 2. The fraction of sp³-hybridized carbons (Fsp3) is 0.500. The lowest BCUT2D eigenvalue weighted by Gasteiger charge is -2.33. The van der Waals surface area contributed by atoms with Crippen LogP contribution < -0.4 is 9.47 Å². The van der Waals surface area contributed by atoms with Crippen molar-refractivity contribution >= 4 is 10.9 Å². The Labute approximate surface area is 197 Å². The molecule has 2 aliphatic heterocycles. The quantitative estimate of drug-likeness (QED) is 0.448. The number of likely N-dealkylation sites (tertiary alicyclic amines) is 1. The van der Waals surface area contributed by atoms with Crippen LogP contribution in [0.4, 0.5) is 0 Å². The lowest BCUT2D eigenvalue weighted by atomic mass is 9.98. The molecule has 0 saturated carbocycles. The molecule has 33 heavy (non-hydrogen) atoms. The molecular weight excluding hydrogens is 410 g/mol. The van der Waals surface area contributed by atoms with E-state index in [2.05, 4.69) is 63.0 Å². The molecule has 5 rings (SSSR count). The molecule has 5 heteroatoms. The van der Waals surface area contributed by atoms with E-state index in [1.54, 1.807) is 14.2 Å². The molecule has 3 aromatic rings. The topological polar surface area (TPSA) is 29.9 Å². The van der Waals surface area contributed by atoms with Gasteiger partial charge in [0, 0.05) is 43.9 Å². The first kappa shape index (κ1) is 22.3. The van der Waals surface area contributed by atoms with Crippen molar-refractivity contribution in [2.24, 2.45) is 0 Å². The van der Waals surface area contributed by atoms with Gasteiger partial charge in [0.2, 0.25) is 0 Å². The van der Waals surface area contributed by atoms with Gasteiger partial charge in [-0.2, -0.15) is 0 Å². The number of hydrogen-bond donors (Lipinski definition) is 0. The molecule has 0 N–H and O–H groups in total. The zero-order valence-corrected chi connectivity index (χ0v) is 20.1. The summed E-state index contributed by atoms with van der Waals surface area (Å²) in [5.74, 6) is 1.69. The van der Waals surface area contributed by atoms with Gasteiger partial charge in [0.1, 0.15) is 0 Å². The zero-order chi connectivity index (χ0) is 22.6. The first-order valence-electron chi connectivity index (χ1n) is 12.5. The molecule has 3 heterocycles. The van der Waals surface area contributed by atoms with Gasteiger partial charge in [0.25, 0.3) is 0 Å². The van der Waals surface area contributed by atoms with E-state index in [1.165, 1.54) is 73.9 Å². The molecule has 1 saturated heterocycles. The van der Waals surface area contributed by atoms with Crippen molar-refractivity contribution in [3.05, 3.63) is 59.8 Å². The predicted molar refractivity (Wildman–Crippen MR) is 134 cm³/mol. The van der Waals surface area contributed by atoms with Crippen LogP contribution in [-0.2, 0) is 13.0 Å². The van der Waals surface area contributed by atoms with Crippen molar-refractivity contribution in [2.45, 2.75) is 44.7 Å². The average molecular weight is 448 g/mol. The van der Waals surface area contributed by atoms with E-state index in [0.29, 0.717) is 6.04 Å². The van der Waals surface area contributed by atoms with Crippen LogP contribution in [0.3, 0.4) is 0 Å². The Morgan fingerprint density at radius 2 is 1.52 bits per heavy atom. The number of para-hydroxylation sites is 1. The molecule has 0 spiro atoms. The molecule has 176 valence electrons. The first-order chi connectivity index (χ1) is 16.2. The molecule has 0 atom stereocenters. The number of aromatic nitrogens is 1. The van der Waals surface area contributed by atoms with E-state index in [-0.39, 0.29) is 0 Å². The smallest absolute Gasteiger partial charge is 0.161 e. The fourth-order valence-electron chi connectivity index (χ4n) is 5.65.